The van der Waals surface area contributed by atoms with Crippen LogP contribution in [0.3, 0.4) is 0 Å². The van der Waals surface area contributed by atoms with Crippen molar-refractivity contribution in [1.82, 2.24) is 20.3 Å². The Labute approximate surface area is 127 Å². The van der Waals surface area contributed by atoms with Crippen LogP contribution in [0.25, 0.3) is 0 Å². The Morgan fingerprint density at radius 1 is 1.38 bits per heavy atom. The summed E-state index contributed by atoms with van der Waals surface area (Å²) in [6.45, 7) is 2.94. The predicted molar refractivity (Wildman–Crippen MR) is 80.6 cm³/mol. The van der Waals surface area contributed by atoms with Crippen LogP contribution in [0.15, 0.2) is 10.6 Å². The van der Waals surface area contributed by atoms with Crippen molar-refractivity contribution in [3.63, 3.8) is 0 Å². The molecule has 0 radical (unpaired) electrons. The number of aromatic nitrogens is 3. The van der Waals surface area contributed by atoms with Gasteiger partial charge >= 0.3 is 0 Å². The van der Waals surface area contributed by atoms with Gasteiger partial charge < -0.3 is 9.42 Å². The number of likely N-dealkylation sites (N-methyl/N-ethyl adjacent to an activating group) is 1. The molecule has 7 nitrogen and oxygen atoms in total. The predicted octanol–water partition coefficient (Wildman–Crippen LogP) is 1.83. The van der Waals surface area contributed by atoms with Crippen molar-refractivity contribution in [2.75, 3.05) is 26.0 Å². The zero-order valence-electron chi connectivity index (χ0n) is 12.4. The summed E-state index contributed by atoms with van der Waals surface area (Å²) in [5.74, 6) is 0.392. The lowest BCUT2D eigenvalue weighted by Crippen LogP contribution is -2.14. The molecule has 1 amide bonds. The van der Waals surface area contributed by atoms with Gasteiger partial charge in [0.2, 0.25) is 5.13 Å². The topological polar surface area (TPSA) is 84.2 Å². The van der Waals surface area contributed by atoms with Crippen LogP contribution in [-0.2, 0) is 12.8 Å². The first-order valence-electron chi connectivity index (χ1n) is 6.82. The minimum atomic E-state index is -0.323. The number of hydrogen-bond acceptors (Lipinski definition) is 7. The van der Waals surface area contributed by atoms with E-state index in [-0.39, 0.29) is 11.6 Å². The molecule has 0 saturated carbocycles. The number of nitrogens with one attached hydrogen (secondary N) is 1. The summed E-state index contributed by atoms with van der Waals surface area (Å²) in [7, 11) is 4.00. The van der Waals surface area contributed by atoms with Crippen LogP contribution >= 0.6 is 11.3 Å². The van der Waals surface area contributed by atoms with Gasteiger partial charge in [0.25, 0.3) is 5.91 Å². The molecule has 2 heterocycles. The second-order valence-electron chi connectivity index (χ2n) is 4.94. The standard InChI is InChI=1S/C13H19N5O2S/c1-4-5-9-8-10(17-20-9)12(19)14-13-16-15-11(21-13)6-7-18(2)3/h8H,4-7H2,1-3H3,(H,14,16,19). The number of amides is 1. The summed E-state index contributed by atoms with van der Waals surface area (Å²) in [6, 6.07) is 1.66. The van der Waals surface area contributed by atoms with E-state index in [1.54, 1.807) is 6.07 Å². The Kier molecular flexibility index (Phi) is 5.40. The average molecular weight is 309 g/mol. The van der Waals surface area contributed by atoms with Crippen molar-refractivity contribution in [2.24, 2.45) is 0 Å². The fraction of sp³-hybridized carbons (Fsp3) is 0.538. The zero-order valence-corrected chi connectivity index (χ0v) is 13.2. The summed E-state index contributed by atoms with van der Waals surface area (Å²) < 4.78 is 5.09. The highest BCUT2D eigenvalue weighted by Crippen LogP contribution is 2.17. The minimum absolute atomic E-state index is 0.267. The fourth-order valence-electron chi connectivity index (χ4n) is 1.67. The third-order valence-electron chi connectivity index (χ3n) is 2.75. The maximum atomic E-state index is 12.0. The van der Waals surface area contributed by atoms with E-state index < -0.39 is 0 Å². The maximum Gasteiger partial charge on any atom is 0.279 e. The molecule has 0 aliphatic heterocycles. The van der Waals surface area contributed by atoms with Crippen LogP contribution < -0.4 is 5.32 Å². The van der Waals surface area contributed by atoms with Crippen LogP contribution in [0.4, 0.5) is 5.13 Å². The smallest absolute Gasteiger partial charge is 0.279 e. The van der Waals surface area contributed by atoms with E-state index >= 15 is 0 Å². The molecule has 2 aromatic rings. The third kappa shape index (κ3) is 4.61. The summed E-state index contributed by atoms with van der Waals surface area (Å²) in [5.41, 5.74) is 0.267. The molecule has 21 heavy (non-hydrogen) atoms. The van der Waals surface area contributed by atoms with E-state index in [1.165, 1.54) is 11.3 Å². The summed E-state index contributed by atoms with van der Waals surface area (Å²) in [6.07, 6.45) is 2.53. The van der Waals surface area contributed by atoms with Gasteiger partial charge in [0.05, 0.1) is 0 Å². The second kappa shape index (κ2) is 7.28. The van der Waals surface area contributed by atoms with Crippen molar-refractivity contribution >= 4 is 22.4 Å². The highest BCUT2D eigenvalue weighted by Gasteiger charge is 2.14. The second-order valence-corrected chi connectivity index (χ2v) is 6.00. The Morgan fingerprint density at radius 2 is 2.19 bits per heavy atom. The first-order chi connectivity index (χ1) is 10.1. The number of carbonyl (C=O) groups excluding carboxylic acids is 1. The number of nitrogens with zero attached hydrogens (tertiary/aromatic N) is 4. The van der Waals surface area contributed by atoms with Crippen LogP contribution in [0.1, 0.15) is 34.6 Å². The molecule has 8 heteroatoms. The summed E-state index contributed by atoms with van der Waals surface area (Å²) >= 11 is 1.38. The molecule has 114 valence electrons. The molecular weight excluding hydrogens is 290 g/mol. The molecule has 0 aliphatic carbocycles. The summed E-state index contributed by atoms with van der Waals surface area (Å²) in [4.78, 5) is 14.1. The van der Waals surface area contributed by atoms with Gasteiger partial charge in [-0.3, -0.25) is 10.1 Å². The summed E-state index contributed by atoms with van der Waals surface area (Å²) in [5, 5.41) is 15.8. The minimum Gasteiger partial charge on any atom is -0.361 e. The highest BCUT2D eigenvalue weighted by molar-refractivity contribution is 7.15. The molecule has 0 unspecified atom stereocenters. The van der Waals surface area contributed by atoms with Crippen molar-refractivity contribution in [2.45, 2.75) is 26.2 Å². The Bertz CT molecular complexity index is 593. The first kappa shape index (κ1) is 15.6. The van der Waals surface area contributed by atoms with Crippen molar-refractivity contribution < 1.29 is 9.32 Å². The Hall–Kier alpha value is -1.80. The van der Waals surface area contributed by atoms with Gasteiger partial charge in [-0.05, 0) is 20.5 Å². The molecule has 1 N–H and O–H groups in total. The zero-order chi connectivity index (χ0) is 15.2. The van der Waals surface area contributed by atoms with Gasteiger partial charge in [-0.15, -0.1) is 10.2 Å². The number of aryl methyl sites for hydroxylation is 1. The molecule has 0 aromatic carbocycles. The average Bonchev–Trinajstić information content (AvgIpc) is 3.06. The van der Waals surface area contributed by atoms with E-state index in [0.29, 0.717) is 10.9 Å². The lowest BCUT2D eigenvalue weighted by atomic mass is 10.2. The van der Waals surface area contributed by atoms with Crippen LogP contribution in [0, 0.1) is 0 Å². The molecule has 0 spiro atoms. The quantitative estimate of drug-likeness (QED) is 0.840. The molecular formula is C13H19N5O2S. The van der Waals surface area contributed by atoms with E-state index in [4.69, 9.17) is 4.52 Å². The van der Waals surface area contributed by atoms with E-state index in [1.807, 2.05) is 21.0 Å². The van der Waals surface area contributed by atoms with Crippen molar-refractivity contribution in [3.05, 3.63) is 22.5 Å². The lowest BCUT2D eigenvalue weighted by molar-refractivity contribution is 0.101. The van der Waals surface area contributed by atoms with Crippen LogP contribution in [0.5, 0.6) is 0 Å². The Morgan fingerprint density at radius 3 is 2.90 bits per heavy atom. The monoisotopic (exact) mass is 309 g/mol. The number of anilines is 1. The van der Waals surface area contributed by atoms with Gasteiger partial charge in [-0.25, -0.2) is 0 Å². The SMILES string of the molecule is CCCc1cc(C(=O)Nc2nnc(CCN(C)C)s2)no1. The molecule has 0 atom stereocenters. The normalized spacial score (nSPS) is 11.0. The molecule has 2 aromatic heterocycles. The number of carbonyl (C=O) groups is 1. The van der Waals surface area contributed by atoms with E-state index in [9.17, 15) is 4.79 Å². The van der Waals surface area contributed by atoms with Crippen molar-refractivity contribution in [3.8, 4) is 0 Å². The fourth-order valence-corrected chi connectivity index (χ4v) is 2.39. The molecule has 0 saturated heterocycles. The van der Waals surface area contributed by atoms with Gasteiger partial charge in [-0.2, -0.15) is 0 Å². The van der Waals surface area contributed by atoms with Gasteiger partial charge in [0.1, 0.15) is 10.8 Å². The molecule has 0 bridgehead atoms. The van der Waals surface area contributed by atoms with Gasteiger partial charge in [0, 0.05) is 25.5 Å². The lowest BCUT2D eigenvalue weighted by Gasteiger charge is -2.05. The highest BCUT2D eigenvalue weighted by atomic mass is 32.1. The van der Waals surface area contributed by atoms with E-state index in [0.717, 1.165) is 30.8 Å². The van der Waals surface area contributed by atoms with Crippen LogP contribution in [0.2, 0.25) is 0 Å². The van der Waals surface area contributed by atoms with Crippen LogP contribution in [-0.4, -0.2) is 46.8 Å². The molecule has 2 rings (SSSR count). The first-order valence-corrected chi connectivity index (χ1v) is 7.64. The van der Waals surface area contributed by atoms with E-state index in [2.05, 4.69) is 25.6 Å². The van der Waals surface area contributed by atoms with Gasteiger partial charge in [0.15, 0.2) is 5.69 Å². The molecule has 0 aliphatic rings. The largest absolute Gasteiger partial charge is 0.361 e. The number of rotatable bonds is 7. The van der Waals surface area contributed by atoms with Crippen molar-refractivity contribution in [1.29, 1.82) is 0 Å². The third-order valence-corrected chi connectivity index (χ3v) is 3.65. The van der Waals surface area contributed by atoms with Gasteiger partial charge in [-0.1, -0.05) is 23.4 Å². The molecule has 0 fully saturated rings. The maximum absolute atomic E-state index is 12.0. The Balaban J connectivity index is 1.92. The number of hydrogen-bond donors (Lipinski definition) is 1.